The maximum absolute atomic E-state index is 13.3. The summed E-state index contributed by atoms with van der Waals surface area (Å²) in [5.74, 6) is -0.451. The van der Waals surface area contributed by atoms with Crippen molar-refractivity contribution in [1.29, 1.82) is 0 Å². The normalized spacial score (nSPS) is 14.8. The lowest BCUT2D eigenvalue weighted by atomic mass is 10.1. The Bertz CT molecular complexity index is 1360. The first-order chi connectivity index (χ1) is 16.8. The van der Waals surface area contributed by atoms with E-state index in [1.807, 2.05) is 30.3 Å². The van der Waals surface area contributed by atoms with Crippen LogP contribution in [-0.4, -0.2) is 25.0 Å². The molecule has 178 valence electrons. The lowest BCUT2D eigenvalue weighted by Crippen LogP contribution is -2.54. The summed E-state index contributed by atoms with van der Waals surface area (Å²) in [5.41, 5.74) is 2.49. The third kappa shape index (κ3) is 5.40. The number of nitrogens with one attached hydrogen (secondary N) is 1. The van der Waals surface area contributed by atoms with Gasteiger partial charge in [-0.15, -0.1) is 0 Å². The minimum absolute atomic E-state index is 0.164. The fourth-order valence-electron chi connectivity index (χ4n) is 3.61. The molecule has 1 N–H and O–H groups in total. The number of benzene rings is 3. The molecule has 3 aromatic rings. The molecule has 9 heteroatoms. The SMILES string of the molecule is COc1cc(/C=C2/C(=O)NC(=O)N(c3ccc(Br)cc3C)C2=O)cc(I)c1OCc1ccccc1. The molecule has 1 aliphatic heterocycles. The lowest BCUT2D eigenvalue weighted by molar-refractivity contribution is -0.122. The number of carbonyl (C=O) groups excluding carboxylic acids is 3. The smallest absolute Gasteiger partial charge is 0.335 e. The van der Waals surface area contributed by atoms with Crippen molar-refractivity contribution < 1.29 is 23.9 Å². The number of ether oxygens (including phenoxy) is 2. The standard InChI is InChI=1S/C26H20BrIN2O5/c1-15-10-18(27)8-9-21(15)30-25(32)19(24(31)29-26(30)33)11-17-12-20(28)23(22(13-17)34-2)35-14-16-6-4-3-5-7-16/h3-13H,14H2,1-2H3,(H,29,31,33)/b19-11-. The molecule has 0 radical (unpaired) electrons. The summed E-state index contributed by atoms with van der Waals surface area (Å²) in [4.78, 5) is 39.4. The van der Waals surface area contributed by atoms with E-state index in [0.717, 1.165) is 18.5 Å². The number of halogens is 2. The number of nitrogens with zero attached hydrogens (tertiary/aromatic N) is 1. The van der Waals surface area contributed by atoms with Crippen molar-refractivity contribution in [2.75, 3.05) is 12.0 Å². The highest BCUT2D eigenvalue weighted by Gasteiger charge is 2.37. The zero-order valence-corrected chi connectivity index (χ0v) is 22.5. The van der Waals surface area contributed by atoms with Crippen LogP contribution in [0.5, 0.6) is 11.5 Å². The van der Waals surface area contributed by atoms with Crippen LogP contribution in [0.15, 0.2) is 70.7 Å². The van der Waals surface area contributed by atoms with E-state index >= 15 is 0 Å². The van der Waals surface area contributed by atoms with Gasteiger partial charge < -0.3 is 9.47 Å². The molecule has 35 heavy (non-hydrogen) atoms. The average molecular weight is 647 g/mol. The highest BCUT2D eigenvalue weighted by Crippen LogP contribution is 2.36. The van der Waals surface area contributed by atoms with Crippen LogP contribution in [0.4, 0.5) is 10.5 Å². The molecule has 1 saturated heterocycles. The lowest BCUT2D eigenvalue weighted by Gasteiger charge is -2.27. The van der Waals surface area contributed by atoms with E-state index in [1.54, 1.807) is 37.3 Å². The van der Waals surface area contributed by atoms with E-state index in [-0.39, 0.29) is 5.57 Å². The van der Waals surface area contributed by atoms with E-state index in [1.165, 1.54) is 13.2 Å². The maximum Gasteiger partial charge on any atom is 0.335 e. The molecule has 0 atom stereocenters. The van der Waals surface area contributed by atoms with E-state index in [9.17, 15) is 14.4 Å². The van der Waals surface area contributed by atoms with Crippen molar-refractivity contribution in [3.05, 3.63) is 91.0 Å². The number of barbiturate groups is 1. The Labute approximate surface area is 224 Å². The van der Waals surface area contributed by atoms with Gasteiger partial charge in [0.05, 0.1) is 16.4 Å². The predicted molar refractivity (Wildman–Crippen MR) is 144 cm³/mol. The molecule has 1 aliphatic rings. The van der Waals surface area contributed by atoms with E-state index in [4.69, 9.17) is 9.47 Å². The average Bonchev–Trinajstić information content (AvgIpc) is 2.82. The first-order valence-electron chi connectivity index (χ1n) is 10.5. The van der Waals surface area contributed by atoms with Gasteiger partial charge in [0.2, 0.25) is 0 Å². The summed E-state index contributed by atoms with van der Waals surface area (Å²) < 4.78 is 13.1. The molecule has 0 bridgehead atoms. The van der Waals surface area contributed by atoms with Crippen LogP contribution in [0.3, 0.4) is 0 Å². The Kier molecular flexibility index (Phi) is 7.56. The van der Waals surface area contributed by atoms with Crippen LogP contribution in [0.25, 0.3) is 6.08 Å². The molecule has 3 aromatic carbocycles. The van der Waals surface area contributed by atoms with Crippen LogP contribution >= 0.6 is 38.5 Å². The number of aryl methyl sites for hydroxylation is 1. The number of urea groups is 1. The molecule has 0 unspecified atom stereocenters. The third-order valence-corrected chi connectivity index (χ3v) is 6.58. The molecule has 7 nitrogen and oxygen atoms in total. The van der Waals surface area contributed by atoms with Crippen LogP contribution in [0.2, 0.25) is 0 Å². The van der Waals surface area contributed by atoms with Crippen molar-refractivity contribution in [1.82, 2.24) is 5.32 Å². The number of carbonyl (C=O) groups is 3. The summed E-state index contributed by atoms with van der Waals surface area (Å²) in [6.45, 7) is 2.14. The first-order valence-corrected chi connectivity index (χ1v) is 12.4. The van der Waals surface area contributed by atoms with Gasteiger partial charge in [0.25, 0.3) is 11.8 Å². The summed E-state index contributed by atoms with van der Waals surface area (Å²) in [7, 11) is 1.52. The molecular weight excluding hydrogens is 627 g/mol. The largest absolute Gasteiger partial charge is 0.493 e. The summed E-state index contributed by atoms with van der Waals surface area (Å²) >= 11 is 5.49. The van der Waals surface area contributed by atoms with Gasteiger partial charge in [-0.2, -0.15) is 0 Å². The highest BCUT2D eigenvalue weighted by molar-refractivity contribution is 14.1. The second-order valence-corrected chi connectivity index (χ2v) is 9.77. The number of amides is 4. The second kappa shape index (κ2) is 10.6. The molecule has 1 fully saturated rings. The highest BCUT2D eigenvalue weighted by atomic mass is 127. The zero-order chi connectivity index (χ0) is 25.1. The number of hydrogen-bond donors (Lipinski definition) is 1. The van der Waals surface area contributed by atoms with Gasteiger partial charge in [0.15, 0.2) is 11.5 Å². The molecule has 4 rings (SSSR count). The van der Waals surface area contributed by atoms with E-state index < -0.39 is 17.8 Å². The van der Waals surface area contributed by atoms with Crippen LogP contribution in [-0.2, 0) is 16.2 Å². The predicted octanol–water partition coefficient (Wildman–Crippen LogP) is 5.62. The molecule has 0 aromatic heterocycles. The number of methoxy groups -OCH3 is 1. The van der Waals surface area contributed by atoms with E-state index in [0.29, 0.717) is 34.9 Å². The summed E-state index contributed by atoms with van der Waals surface area (Å²) in [6, 6.07) is 17.6. The molecular formula is C26H20BrIN2O5. The Balaban J connectivity index is 1.66. The Morgan fingerprint density at radius 2 is 1.80 bits per heavy atom. The van der Waals surface area contributed by atoms with Crippen molar-refractivity contribution in [2.24, 2.45) is 0 Å². The topological polar surface area (TPSA) is 84.9 Å². The van der Waals surface area contributed by atoms with Gasteiger partial charge >= 0.3 is 6.03 Å². The number of rotatable bonds is 6. The Morgan fingerprint density at radius 3 is 2.49 bits per heavy atom. The summed E-state index contributed by atoms with van der Waals surface area (Å²) in [5, 5.41) is 2.25. The van der Waals surface area contributed by atoms with Crippen LogP contribution in [0.1, 0.15) is 16.7 Å². The van der Waals surface area contributed by atoms with Gasteiger partial charge in [0.1, 0.15) is 12.2 Å². The quantitative estimate of drug-likeness (QED) is 0.214. The number of imide groups is 2. The Hall–Kier alpha value is -3.18. The third-order valence-electron chi connectivity index (χ3n) is 5.29. The van der Waals surface area contributed by atoms with Gasteiger partial charge in [-0.3, -0.25) is 14.9 Å². The van der Waals surface area contributed by atoms with Crippen LogP contribution < -0.4 is 19.7 Å². The molecule has 0 aliphatic carbocycles. The second-order valence-electron chi connectivity index (χ2n) is 7.70. The van der Waals surface area contributed by atoms with Gasteiger partial charge in [0, 0.05) is 4.47 Å². The first kappa shape index (κ1) is 24.9. The minimum Gasteiger partial charge on any atom is -0.493 e. The van der Waals surface area contributed by atoms with Crippen molar-refractivity contribution in [3.63, 3.8) is 0 Å². The fourth-order valence-corrected chi connectivity index (χ4v) is 4.86. The molecule has 0 spiro atoms. The molecule has 4 amide bonds. The molecule has 0 saturated carbocycles. The van der Waals surface area contributed by atoms with Crippen molar-refractivity contribution in [2.45, 2.75) is 13.5 Å². The minimum atomic E-state index is -0.792. The maximum atomic E-state index is 13.3. The van der Waals surface area contributed by atoms with Gasteiger partial charge in [-0.25, -0.2) is 9.69 Å². The van der Waals surface area contributed by atoms with Crippen molar-refractivity contribution in [3.8, 4) is 11.5 Å². The van der Waals surface area contributed by atoms with Crippen molar-refractivity contribution >= 4 is 68.1 Å². The zero-order valence-electron chi connectivity index (χ0n) is 18.8. The summed E-state index contributed by atoms with van der Waals surface area (Å²) in [6.07, 6.45) is 1.44. The number of anilines is 1. The van der Waals surface area contributed by atoms with Gasteiger partial charge in [-0.1, -0.05) is 46.3 Å². The molecule has 1 heterocycles. The van der Waals surface area contributed by atoms with E-state index in [2.05, 4.69) is 43.8 Å². The van der Waals surface area contributed by atoms with Crippen LogP contribution in [0, 0.1) is 10.5 Å². The number of hydrogen-bond acceptors (Lipinski definition) is 5. The fraction of sp³-hybridized carbons (Fsp3) is 0.115. The van der Waals surface area contributed by atoms with Gasteiger partial charge in [-0.05, 0) is 82.6 Å². The monoisotopic (exact) mass is 646 g/mol. The Morgan fingerprint density at radius 1 is 1.06 bits per heavy atom.